The van der Waals surface area contributed by atoms with Gasteiger partial charge in [-0.25, -0.2) is 0 Å². The fourth-order valence-corrected chi connectivity index (χ4v) is 1.93. The number of nitrogens with zero attached hydrogens (tertiary/aromatic N) is 3. The summed E-state index contributed by atoms with van der Waals surface area (Å²) in [5, 5.41) is 11.9. The maximum Gasteiger partial charge on any atom is 0.243 e. The molecule has 1 rings (SSSR count). The Labute approximate surface area is 177 Å². The van der Waals surface area contributed by atoms with Crippen LogP contribution in [0.3, 0.4) is 0 Å². The van der Waals surface area contributed by atoms with E-state index in [2.05, 4.69) is 21.0 Å². The van der Waals surface area contributed by atoms with Gasteiger partial charge in [-0.3, -0.25) is 19.1 Å². The van der Waals surface area contributed by atoms with Crippen LogP contribution in [0.4, 0.5) is 5.69 Å². The maximum atomic E-state index is 11.9. The Morgan fingerprint density at radius 1 is 1.18 bits per heavy atom. The Balaban J connectivity index is 0. The van der Waals surface area contributed by atoms with Gasteiger partial charge in [0, 0.05) is 19.3 Å². The van der Waals surface area contributed by atoms with E-state index in [0.29, 0.717) is 12.2 Å². The van der Waals surface area contributed by atoms with Gasteiger partial charge in [-0.05, 0) is 20.0 Å². The van der Waals surface area contributed by atoms with Crippen LogP contribution in [-0.4, -0.2) is 72.2 Å². The van der Waals surface area contributed by atoms with Crippen molar-refractivity contribution in [1.82, 2.24) is 25.3 Å². The van der Waals surface area contributed by atoms with E-state index in [-0.39, 0.29) is 55.6 Å². The zero-order valence-corrected chi connectivity index (χ0v) is 18.2. The summed E-state index contributed by atoms with van der Waals surface area (Å²) in [6.07, 6.45) is 2.98. The highest BCUT2D eigenvalue weighted by Crippen LogP contribution is 2.04. The quantitative estimate of drug-likeness (QED) is 0.386. The summed E-state index contributed by atoms with van der Waals surface area (Å²) in [7, 11) is 3.85. The van der Waals surface area contributed by atoms with Crippen molar-refractivity contribution in [2.75, 3.05) is 39.0 Å². The fourth-order valence-electron chi connectivity index (χ4n) is 1.93. The van der Waals surface area contributed by atoms with E-state index < -0.39 is 11.9 Å². The van der Waals surface area contributed by atoms with Gasteiger partial charge in [0.15, 0.2) is 0 Å². The summed E-state index contributed by atoms with van der Waals surface area (Å²) in [6.45, 7) is 4.83. The first kappa shape index (κ1) is 28.3. The molecule has 28 heavy (non-hydrogen) atoms. The van der Waals surface area contributed by atoms with Gasteiger partial charge in [-0.15, -0.1) is 24.8 Å². The molecule has 1 aromatic rings. The molecule has 0 saturated heterocycles. The Morgan fingerprint density at radius 3 is 2.39 bits per heavy atom. The second-order valence-electron chi connectivity index (χ2n) is 6.62. The van der Waals surface area contributed by atoms with Gasteiger partial charge in [0.1, 0.15) is 6.54 Å². The molecule has 1 heterocycles. The summed E-state index contributed by atoms with van der Waals surface area (Å²) in [5.41, 5.74) is 6.15. The topological polar surface area (TPSA) is 134 Å². The molecule has 0 aromatic carbocycles. The third kappa shape index (κ3) is 11.1. The zero-order chi connectivity index (χ0) is 19.7. The normalized spacial score (nSPS) is 11.2. The van der Waals surface area contributed by atoms with E-state index in [1.807, 2.05) is 32.8 Å². The lowest BCUT2D eigenvalue weighted by molar-refractivity contribution is -0.125. The van der Waals surface area contributed by atoms with Gasteiger partial charge >= 0.3 is 0 Å². The summed E-state index contributed by atoms with van der Waals surface area (Å²) in [4.78, 5) is 37.3. The number of carbonyl (C=O) groups is 3. The van der Waals surface area contributed by atoms with Gasteiger partial charge in [0.2, 0.25) is 17.7 Å². The van der Waals surface area contributed by atoms with E-state index in [0.717, 1.165) is 6.54 Å². The number of halogens is 2. The molecule has 0 aliphatic rings. The number of hydrogen-bond donors (Lipinski definition) is 4. The third-order valence-corrected chi connectivity index (χ3v) is 3.55. The van der Waals surface area contributed by atoms with Gasteiger partial charge in [0.25, 0.3) is 0 Å². The number of hydrogen-bond acceptors (Lipinski definition) is 6. The maximum absolute atomic E-state index is 11.9. The van der Waals surface area contributed by atoms with Crippen LogP contribution >= 0.6 is 24.8 Å². The molecule has 3 amide bonds. The number of likely N-dealkylation sites (N-methyl/N-ethyl adjacent to an activating group) is 1. The highest BCUT2D eigenvalue weighted by atomic mass is 35.5. The molecule has 0 aliphatic heterocycles. The zero-order valence-electron chi connectivity index (χ0n) is 16.6. The van der Waals surface area contributed by atoms with Gasteiger partial charge in [-0.2, -0.15) is 5.10 Å². The van der Waals surface area contributed by atoms with Crippen molar-refractivity contribution in [3.63, 3.8) is 0 Å². The molecular weight excluding hydrogens is 409 g/mol. The van der Waals surface area contributed by atoms with Gasteiger partial charge in [0.05, 0.1) is 24.5 Å². The van der Waals surface area contributed by atoms with Crippen molar-refractivity contribution in [2.45, 2.75) is 26.4 Å². The Kier molecular flexibility index (Phi) is 14.3. The molecule has 162 valence electrons. The Morgan fingerprint density at radius 2 is 1.82 bits per heavy atom. The molecule has 0 aliphatic carbocycles. The van der Waals surface area contributed by atoms with Crippen LogP contribution in [-0.2, 0) is 20.9 Å². The molecule has 0 fully saturated rings. The molecule has 0 bridgehead atoms. The van der Waals surface area contributed by atoms with Crippen LogP contribution in [0.2, 0.25) is 0 Å². The van der Waals surface area contributed by atoms with E-state index >= 15 is 0 Å². The Bertz CT molecular complexity index is 623. The van der Waals surface area contributed by atoms with Crippen molar-refractivity contribution < 1.29 is 14.4 Å². The number of carbonyl (C=O) groups excluding carboxylic acids is 3. The summed E-state index contributed by atoms with van der Waals surface area (Å²) in [6, 6.07) is -0.656. The van der Waals surface area contributed by atoms with E-state index in [4.69, 9.17) is 5.73 Å². The van der Waals surface area contributed by atoms with Crippen LogP contribution < -0.4 is 21.7 Å². The monoisotopic (exact) mass is 439 g/mol. The number of aromatic nitrogens is 2. The molecule has 10 nitrogen and oxygen atoms in total. The third-order valence-electron chi connectivity index (χ3n) is 3.55. The van der Waals surface area contributed by atoms with E-state index in [9.17, 15) is 14.4 Å². The second kappa shape index (κ2) is 14.2. The standard InChI is InChI=1S/C16H29N7O3.2ClH/c1-11(2)15(17)16(26)19-8-13(24)21-12-7-20-23(9-12)10-14(25)18-5-6-22(3)4;;/h7,9,11,15H,5-6,8,10,17H2,1-4H3,(H,18,25)(H,19,26)(H,21,24);2*1H/t15-;;/m0../s1. The number of amides is 3. The number of nitrogens with two attached hydrogens (primary N) is 1. The molecule has 1 atom stereocenters. The average molecular weight is 440 g/mol. The molecule has 12 heteroatoms. The first-order valence-corrected chi connectivity index (χ1v) is 8.46. The number of nitrogens with one attached hydrogen (secondary N) is 3. The highest BCUT2D eigenvalue weighted by molar-refractivity contribution is 5.95. The molecule has 0 unspecified atom stereocenters. The predicted octanol–water partition coefficient (Wildman–Crippen LogP) is -0.557. The number of rotatable bonds is 10. The minimum Gasteiger partial charge on any atom is -0.353 e. The van der Waals surface area contributed by atoms with Crippen LogP contribution in [0.15, 0.2) is 12.4 Å². The van der Waals surface area contributed by atoms with Crippen molar-refractivity contribution in [2.24, 2.45) is 11.7 Å². The van der Waals surface area contributed by atoms with Crippen LogP contribution in [0.5, 0.6) is 0 Å². The predicted molar refractivity (Wildman–Crippen MR) is 113 cm³/mol. The SMILES string of the molecule is CC(C)[C@H](N)C(=O)NCC(=O)Nc1cnn(CC(=O)NCCN(C)C)c1.Cl.Cl. The average Bonchev–Trinajstić information content (AvgIpc) is 2.98. The minimum atomic E-state index is -0.656. The fraction of sp³-hybridized carbons (Fsp3) is 0.625. The van der Waals surface area contributed by atoms with E-state index in [1.54, 1.807) is 6.20 Å². The summed E-state index contributed by atoms with van der Waals surface area (Å²) >= 11 is 0. The van der Waals surface area contributed by atoms with E-state index in [1.165, 1.54) is 10.9 Å². The summed E-state index contributed by atoms with van der Waals surface area (Å²) < 4.78 is 1.42. The minimum absolute atomic E-state index is 0. The lowest BCUT2D eigenvalue weighted by Gasteiger charge is -2.14. The van der Waals surface area contributed by atoms with Crippen molar-refractivity contribution >= 4 is 48.2 Å². The summed E-state index contributed by atoms with van der Waals surface area (Å²) in [5.74, 6) is -0.951. The second-order valence-corrected chi connectivity index (χ2v) is 6.62. The first-order valence-electron chi connectivity index (χ1n) is 8.46. The lowest BCUT2D eigenvalue weighted by atomic mass is 10.1. The smallest absolute Gasteiger partial charge is 0.243 e. The molecule has 0 radical (unpaired) electrons. The highest BCUT2D eigenvalue weighted by Gasteiger charge is 2.17. The largest absolute Gasteiger partial charge is 0.353 e. The van der Waals surface area contributed by atoms with Crippen molar-refractivity contribution in [1.29, 1.82) is 0 Å². The van der Waals surface area contributed by atoms with Crippen LogP contribution in [0, 0.1) is 5.92 Å². The van der Waals surface area contributed by atoms with Crippen molar-refractivity contribution in [3.8, 4) is 0 Å². The lowest BCUT2D eigenvalue weighted by Crippen LogP contribution is -2.46. The molecular formula is C16H31Cl2N7O3. The first-order chi connectivity index (χ1) is 12.2. The number of anilines is 1. The van der Waals surface area contributed by atoms with Gasteiger partial charge < -0.3 is 26.6 Å². The molecule has 0 spiro atoms. The molecule has 1 aromatic heterocycles. The van der Waals surface area contributed by atoms with Gasteiger partial charge in [-0.1, -0.05) is 13.8 Å². The Hall–Kier alpha value is -1.88. The van der Waals surface area contributed by atoms with Crippen LogP contribution in [0.1, 0.15) is 13.8 Å². The van der Waals surface area contributed by atoms with Crippen LogP contribution in [0.25, 0.3) is 0 Å². The van der Waals surface area contributed by atoms with Crippen molar-refractivity contribution in [3.05, 3.63) is 12.4 Å². The molecule has 5 N–H and O–H groups in total. The molecule has 0 saturated carbocycles.